The maximum absolute atomic E-state index is 12.8. The van der Waals surface area contributed by atoms with Gasteiger partial charge in [-0.25, -0.2) is 9.97 Å². The van der Waals surface area contributed by atoms with E-state index in [0.29, 0.717) is 37.7 Å². The van der Waals surface area contributed by atoms with Gasteiger partial charge in [0.05, 0.1) is 25.0 Å². The molecule has 1 unspecified atom stereocenters. The van der Waals surface area contributed by atoms with Gasteiger partial charge in [-0.2, -0.15) is 0 Å². The van der Waals surface area contributed by atoms with E-state index in [9.17, 15) is 4.79 Å². The SMILES string of the molecule is Cc1ncc(C(=O)N2CCOCC(Cc3cccc4occc34)C2)cn1. The number of furan rings is 1. The van der Waals surface area contributed by atoms with E-state index in [1.807, 2.05) is 23.1 Å². The molecule has 6 heteroatoms. The second kappa shape index (κ2) is 7.25. The summed E-state index contributed by atoms with van der Waals surface area (Å²) in [6.07, 6.45) is 5.74. The number of aryl methyl sites for hydroxylation is 1. The number of fused-ring (bicyclic) bond motifs is 1. The number of benzene rings is 1. The minimum atomic E-state index is -0.0398. The smallest absolute Gasteiger partial charge is 0.257 e. The van der Waals surface area contributed by atoms with Crippen LogP contribution in [-0.2, 0) is 11.2 Å². The van der Waals surface area contributed by atoms with Crippen molar-refractivity contribution in [3.8, 4) is 0 Å². The van der Waals surface area contributed by atoms with Crippen LogP contribution in [0.2, 0.25) is 0 Å². The Bertz CT molecular complexity index is 904. The average molecular weight is 351 g/mol. The van der Waals surface area contributed by atoms with Gasteiger partial charge in [-0.1, -0.05) is 12.1 Å². The lowest BCUT2D eigenvalue weighted by Crippen LogP contribution is -2.36. The first-order valence-electron chi connectivity index (χ1n) is 8.81. The monoisotopic (exact) mass is 351 g/mol. The summed E-state index contributed by atoms with van der Waals surface area (Å²) in [6, 6.07) is 8.08. The molecule has 0 aliphatic carbocycles. The molecule has 1 aliphatic heterocycles. The lowest BCUT2D eigenvalue weighted by molar-refractivity contribution is 0.0736. The normalized spacial score (nSPS) is 18.0. The van der Waals surface area contributed by atoms with E-state index in [-0.39, 0.29) is 11.8 Å². The Balaban J connectivity index is 1.51. The highest BCUT2D eigenvalue weighted by Crippen LogP contribution is 2.24. The number of aromatic nitrogens is 2. The lowest BCUT2D eigenvalue weighted by Gasteiger charge is -2.23. The van der Waals surface area contributed by atoms with Crippen molar-refractivity contribution in [3.63, 3.8) is 0 Å². The molecule has 1 fully saturated rings. The van der Waals surface area contributed by atoms with Gasteiger partial charge in [0.1, 0.15) is 11.4 Å². The van der Waals surface area contributed by atoms with Crippen molar-refractivity contribution in [2.24, 2.45) is 5.92 Å². The second-order valence-electron chi connectivity index (χ2n) is 6.66. The fourth-order valence-electron chi connectivity index (χ4n) is 3.42. The molecule has 6 nitrogen and oxygen atoms in total. The molecule has 0 N–H and O–H groups in total. The number of rotatable bonds is 3. The van der Waals surface area contributed by atoms with Crippen LogP contribution in [0, 0.1) is 12.8 Å². The van der Waals surface area contributed by atoms with Crippen LogP contribution in [0.3, 0.4) is 0 Å². The molecule has 1 amide bonds. The summed E-state index contributed by atoms with van der Waals surface area (Å²) in [5.74, 6) is 0.849. The summed E-state index contributed by atoms with van der Waals surface area (Å²) in [5, 5.41) is 1.13. The van der Waals surface area contributed by atoms with Crippen molar-refractivity contribution in [3.05, 3.63) is 59.9 Å². The van der Waals surface area contributed by atoms with E-state index in [0.717, 1.165) is 17.4 Å². The van der Waals surface area contributed by atoms with Crippen molar-refractivity contribution in [2.45, 2.75) is 13.3 Å². The second-order valence-corrected chi connectivity index (χ2v) is 6.66. The van der Waals surface area contributed by atoms with Gasteiger partial charge in [-0.15, -0.1) is 0 Å². The van der Waals surface area contributed by atoms with Crippen LogP contribution in [0.1, 0.15) is 21.7 Å². The van der Waals surface area contributed by atoms with Gasteiger partial charge in [-0.3, -0.25) is 4.79 Å². The zero-order chi connectivity index (χ0) is 17.9. The van der Waals surface area contributed by atoms with Gasteiger partial charge in [0.2, 0.25) is 0 Å². The maximum atomic E-state index is 12.8. The molecular formula is C20H21N3O3. The van der Waals surface area contributed by atoms with Gasteiger partial charge in [-0.05, 0) is 31.0 Å². The van der Waals surface area contributed by atoms with Gasteiger partial charge in [0, 0.05) is 36.8 Å². The number of hydrogen-bond acceptors (Lipinski definition) is 5. The highest BCUT2D eigenvalue weighted by molar-refractivity contribution is 5.93. The molecule has 4 rings (SSSR count). The number of carbonyl (C=O) groups is 1. The Morgan fingerprint density at radius 3 is 2.96 bits per heavy atom. The zero-order valence-electron chi connectivity index (χ0n) is 14.7. The number of hydrogen-bond donors (Lipinski definition) is 0. The van der Waals surface area contributed by atoms with Crippen LogP contribution in [0.4, 0.5) is 0 Å². The Morgan fingerprint density at radius 2 is 2.12 bits per heavy atom. The largest absolute Gasteiger partial charge is 0.464 e. The summed E-state index contributed by atoms with van der Waals surface area (Å²) in [6.45, 7) is 4.23. The molecule has 0 saturated carbocycles. The standard InChI is InChI=1S/C20H21N3O3/c1-14-21-10-17(11-22-14)20(24)23-6-8-25-13-15(12-23)9-16-3-2-4-19-18(16)5-7-26-19/h2-5,7,10-11,15H,6,8-9,12-13H2,1H3. The molecule has 3 heterocycles. The summed E-state index contributed by atoms with van der Waals surface area (Å²) >= 11 is 0. The third kappa shape index (κ3) is 3.46. The Morgan fingerprint density at radius 1 is 1.27 bits per heavy atom. The van der Waals surface area contributed by atoms with Crippen LogP contribution >= 0.6 is 0 Å². The van der Waals surface area contributed by atoms with Crippen LogP contribution in [0.15, 0.2) is 47.3 Å². The molecule has 134 valence electrons. The first kappa shape index (κ1) is 16.7. The van der Waals surface area contributed by atoms with Crippen LogP contribution in [0.5, 0.6) is 0 Å². The van der Waals surface area contributed by atoms with Gasteiger partial charge in [0.25, 0.3) is 5.91 Å². The molecule has 0 spiro atoms. The van der Waals surface area contributed by atoms with E-state index in [2.05, 4.69) is 16.0 Å². The van der Waals surface area contributed by atoms with Gasteiger partial charge < -0.3 is 14.1 Å². The number of nitrogens with zero attached hydrogens (tertiary/aromatic N) is 3. The summed E-state index contributed by atoms with van der Waals surface area (Å²) in [4.78, 5) is 22.9. The quantitative estimate of drug-likeness (QED) is 0.726. The third-order valence-electron chi connectivity index (χ3n) is 4.75. The van der Waals surface area contributed by atoms with E-state index in [1.54, 1.807) is 25.6 Å². The lowest BCUT2D eigenvalue weighted by atomic mass is 9.97. The molecule has 2 aromatic heterocycles. The molecular weight excluding hydrogens is 330 g/mol. The third-order valence-corrected chi connectivity index (χ3v) is 4.75. The summed E-state index contributed by atoms with van der Waals surface area (Å²) in [7, 11) is 0. The zero-order valence-corrected chi connectivity index (χ0v) is 14.7. The fraction of sp³-hybridized carbons (Fsp3) is 0.350. The highest BCUT2D eigenvalue weighted by atomic mass is 16.5. The highest BCUT2D eigenvalue weighted by Gasteiger charge is 2.24. The average Bonchev–Trinajstić information content (AvgIpc) is 3.02. The minimum Gasteiger partial charge on any atom is -0.464 e. The molecule has 3 aromatic rings. The molecule has 1 atom stereocenters. The molecule has 1 saturated heterocycles. The Kier molecular flexibility index (Phi) is 4.67. The maximum Gasteiger partial charge on any atom is 0.257 e. The van der Waals surface area contributed by atoms with Crippen molar-refractivity contribution >= 4 is 16.9 Å². The summed E-state index contributed by atoms with van der Waals surface area (Å²) in [5.41, 5.74) is 2.63. The van der Waals surface area contributed by atoms with Gasteiger partial charge in [0.15, 0.2) is 0 Å². The molecule has 0 bridgehead atoms. The van der Waals surface area contributed by atoms with Crippen LogP contribution in [-0.4, -0.2) is 47.1 Å². The van der Waals surface area contributed by atoms with Crippen molar-refractivity contribution in [1.29, 1.82) is 0 Å². The van der Waals surface area contributed by atoms with Crippen molar-refractivity contribution in [2.75, 3.05) is 26.3 Å². The first-order valence-corrected chi connectivity index (χ1v) is 8.81. The molecule has 1 aromatic carbocycles. The van der Waals surface area contributed by atoms with Crippen LogP contribution < -0.4 is 0 Å². The first-order chi connectivity index (χ1) is 12.7. The molecule has 0 radical (unpaired) electrons. The predicted molar refractivity (Wildman–Crippen MR) is 96.9 cm³/mol. The Labute approximate surface area is 151 Å². The number of ether oxygens (including phenoxy) is 1. The summed E-state index contributed by atoms with van der Waals surface area (Å²) < 4.78 is 11.2. The van der Waals surface area contributed by atoms with E-state index in [4.69, 9.17) is 9.15 Å². The minimum absolute atomic E-state index is 0.0398. The number of amides is 1. The molecule has 26 heavy (non-hydrogen) atoms. The van der Waals surface area contributed by atoms with Gasteiger partial charge >= 0.3 is 0 Å². The topological polar surface area (TPSA) is 68.5 Å². The number of carbonyl (C=O) groups excluding carboxylic acids is 1. The van der Waals surface area contributed by atoms with E-state index >= 15 is 0 Å². The van der Waals surface area contributed by atoms with Crippen LogP contribution in [0.25, 0.3) is 11.0 Å². The Hall–Kier alpha value is -2.73. The predicted octanol–water partition coefficient (Wildman–Crippen LogP) is 2.86. The van der Waals surface area contributed by atoms with Crippen molar-refractivity contribution in [1.82, 2.24) is 14.9 Å². The fourth-order valence-corrected chi connectivity index (χ4v) is 3.42. The van der Waals surface area contributed by atoms with E-state index in [1.165, 1.54) is 5.56 Å². The van der Waals surface area contributed by atoms with E-state index < -0.39 is 0 Å². The molecule has 1 aliphatic rings. The van der Waals surface area contributed by atoms with Crippen molar-refractivity contribution < 1.29 is 13.9 Å².